The molecule has 0 fully saturated rings. The normalized spacial score (nSPS) is 10.8. The van der Waals surface area contributed by atoms with Gasteiger partial charge in [0, 0.05) is 0 Å². The van der Waals surface area contributed by atoms with Crippen LogP contribution in [0.5, 0.6) is 0 Å². The Morgan fingerprint density at radius 1 is 0.688 bits per heavy atom. The first-order valence-corrected chi connectivity index (χ1v) is 16.5. The van der Waals surface area contributed by atoms with Gasteiger partial charge < -0.3 is 0 Å². The van der Waals surface area contributed by atoms with Gasteiger partial charge in [0.2, 0.25) is 0 Å². The Bertz CT molecular complexity index is 414. The summed E-state index contributed by atoms with van der Waals surface area (Å²) in [6.07, 6.45) is 0. The molecule has 16 heavy (non-hydrogen) atoms. The van der Waals surface area contributed by atoms with Gasteiger partial charge >= 0.3 is 115 Å². The molecule has 0 aliphatic rings. The van der Waals surface area contributed by atoms with E-state index in [0.717, 1.165) is 0 Å². The second-order valence-electron chi connectivity index (χ2n) is 4.05. The standard InChI is InChI=1S/2C7H7.HI.Sn/c2*1-7-5-3-2-4-6-7;;/h2*3-6H,1H3;1H;/q;;;+1/p-1. The van der Waals surface area contributed by atoms with Crippen LogP contribution in [0, 0.1) is 13.8 Å². The number of aryl methyl sites for hydroxylation is 2. The molecule has 81 valence electrons. The van der Waals surface area contributed by atoms with Crippen molar-refractivity contribution < 1.29 is 0 Å². The Balaban J connectivity index is 2.28. The zero-order valence-corrected chi connectivity index (χ0v) is 14.5. The summed E-state index contributed by atoms with van der Waals surface area (Å²) < 4.78 is 3.13. The molecule has 0 spiro atoms. The molecule has 0 aliphatic carbocycles. The SMILES string of the molecule is Cc1cc[c]([Sn]([I])[c]2ccc(C)cc2)cc1. The average molecular weight is 428 g/mol. The fourth-order valence-corrected chi connectivity index (χ4v) is 9.96. The summed E-state index contributed by atoms with van der Waals surface area (Å²) >= 11 is 1.11. The third-order valence-corrected chi connectivity index (χ3v) is 15.8. The molecule has 0 saturated heterocycles. The summed E-state index contributed by atoms with van der Waals surface area (Å²) in [6, 6.07) is 18.1. The molecule has 0 nitrogen and oxygen atoms in total. The number of halogens is 1. The van der Waals surface area contributed by atoms with Crippen molar-refractivity contribution in [2.75, 3.05) is 0 Å². The molecular weight excluding hydrogens is 414 g/mol. The van der Waals surface area contributed by atoms with Gasteiger partial charge in [0.05, 0.1) is 0 Å². The summed E-state index contributed by atoms with van der Waals surface area (Å²) in [5, 5.41) is 0. The van der Waals surface area contributed by atoms with E-state index in [9.17, 15) is 0 Å². The number of hydrogen-bond donors (Lipinski definition) is 0. The number of benzene rings is 2. The van der Waals surface area contributed by atoms with E-state index in [0.29, 0.717) is 0 Å². The van der Waals surface area contributed by atoms with Gasteiger partial charge in [-0.15, -0.1) is 0 Å². The molecule has 2 aromatic carbocycles. The van der Waals surface area contributed by atoms with Crippen LogP contribution in [0.1, 0.15) is 11.1 Å². The van der Waals surface area contributed by atoms with E-state index < -0.39 is 15.8 Å². The van der Waals surface area contributed by atoms with Crippen LogP contribution < -0.4 is 7.16 Å². The van der Waals surface area contributed by atoms with Gasteiger partial charge in [-0.05, 0) is 0 Å². The summed E-state index contributed by atoms with van der Waals surface area (Å²) in [5.74, 6) is 0. The van der Waals surface area contributed by atoms with Gasteiger partial charge in [0.25, 0.3) is 0 Å². The Kier molecular flexibility index (Phi) is 4.30. The van der Waals surface area contributed by atoms with Gasteiger partial charge in [-0.3, -0.25) is 0 Å². The summed E-state index contributed by atoms with van der Waals surface area (Å²) in [6.45, 7) is 4.29. The van der Waals surface area contributed by atoms with Crippen molar-refractivity contribution in [3.63, 3.8) is 0 Å². The quantitative estimate of drug-likeness (QED) is 0.511. The van der Waals surface area contributed by atoms with Gasteiger partial charge in [0.15, 0.2) is 0 Å². The first kappa shape index (κ1) is 12.4. The molecule has 1 radical (unpaired) electrons. The topological polar surface area (TPSA) is 0 Å². The Morgan fingerprint density at radius 3 is 1.31 bits per heavy atom. The van der Waals surface area contributed by atoms with Crippen molar-refractivity contribution in [2.24, 2.45) is 0 Å². The van der Waals surface area contributed by atoms with E-state index >= 15 is 0 Å². The fourth-order valence-electron chi connectivity index (χ4n) is 1.57. The Labute approximate surface area is 114 Å². The fraction of sp³-hybridized carbons (Fsp3) is 0.143. The van der Waals surface area contributed by atoms with E-state index in [-0.39, 0.29) is 0 Å². The molecular formula is C14H14ISn. The molecule has 0 bridgehead atoms. The van der Waals surface area contributed by atoms with Crippen LogP contribution in [0.4, 0.5) is 0 Å². The van der Waals surface area contributed by atoms with Crippen molar-refractivity contribution in [1.82, 2.24) is 0 Å². The Morgan fingerprint density at radius 2 is 1.00 bits per heavy atom. The monoisotopic (exact) mass is 429 g/mol. The molecule has 0 heterocycles. The van der Waals surface area contributed by atoms with Gasteiger partial charge in [-0.1, -0.05) is 0 Å². The number of hydrogen-bond acceptors (Lipinski definition) is 0. The van der Waals surface area contributed by atoms with Crippen molar-refractivity contribution >= 4 is 41.6 Å². The van der Waals surface area contributed by atoms with Crippen LogP contribution >= 0.6 is 18.6 Å². The second kappa shape index (κ2) is 5.54. The predicted molar refractivity (Wildman–Crippen MR) is 81.4 cm³/mol. The molecule has 0 saturated carbocycles. The zero-order chi connectivity index (χ0) is 11.5. The summed E-state index contributed by atoms with van der Waals surface area (Å²) in [4.78, 5) is 0. The molecule has 0 N–H and O–H groups in total. The molecule has 0 atom stereocenters. The second-order valence-corrected chi connectivity index (χ2v) is 16.4. The minimum atomic E-state index is -1.59. The van der Waals surface area contributed by atoms with Crippen LogP contribution in [0.15, 0.2) is 48.5 Å². The minimum absolute atomic E-state index is 1.35. The van der Waals surface area contributed by atoms with E-state index in [4.69, 9.17) is 0 Å². The van der Waals surface area contributed by atoms with Gasteiger partial charge in [-0.2, -0.15) is 0 Å². The molecule has 2 rings (SSSR count). The maximum atomic E-state index is 2.69. The third kappa shape index (κ3) is 3.00. The van der Waals surface area contributed by atoms with E-state index in [1.54, 1.807) is 7.16 Å². The molecule has 2 aromatic rings. The van der Waals surface area contributed by atoms with Crippen LogP contribution in [-0.4, -0.2) is 15.8 Å². The molecule has 2 heteroatoms. The molecule has 0 unspecified atom stereocenters. The Hall–Kier alpha value is -0.0313. The summed E-state index contributed by atoms with van der Waals surface area (Å²) in [7, 11) is 0. The van der Waals surface area contributed by atoms with Gasteiger partial charge in [-0.25, -0.2) is 0 Å². The van der Waals surface area contributed by atoms with Crippen LogP contribution in [0.3, 0.4) is 0 Å². The molecule has 0 aromatic heterocycles. The average Bonchev–Trinajstić information content (AvgIpc) is 2.30. The summed E-state index contributed by atoms with van der Waals surface area (Å²) in [5.41, 5.74) is 2.69. The first-order chi connectivity index (χ1) is 7.66. The van der Waals surface area contributed by atoms with Crippen molar-refractivity contribution in [2.45, 2.75) is 13.8 Å². The van der Waals surface area contributed by atoms with E-state index in [1.807, 2.05) is 0 Å². The van der Waals surface area contributed by atoms with Crippen LogP contribution in [-0.2, 0) is 0 Å². The molecule has 0 amide bonds. The third-order valence-electron chi connectivity index (χ3n) is 2.61. The van der Waals surface area contributed by atoms with Crippen LogP contribution in [0.25, 0.3) is 0 Å². The maximum absolute atomic E-state index is 2.69. The van der Waals surface area contributed by atoms with E-state index in [1.165, 1.54) is 11.1 Å². The van der Waals surface area contributed by atoms with Crippen molar-refractivity contribution in [1.29, 1.82) is 0 Å². The van der Waals surface area contributed by atoms with Crippen LogP contribution in [0.2, 0.25) is 0 Å². The number of rotatable bonds is 2. The van der Waals surface area contributed by atoms with Gasteiger partial charge in [0.1, 0.15) is 0 Å². The van der Waals surface area contributed by atoms with E-state index in [2.05, 4.69) is 81.0 Å². The predicted octanol–water partition coefficient (Wildman–Crippen LogP) is 2.84. The van der Waals surface area contributed by atoms with Crippen molar-refractivity contribution in [3.8, 4) is 0 Å². The first-order valence-electron chi connectivity index (χ1n) is 5.33. The zero-order valence-electron chi connectivity index (χ0n) is 9.50. The van der Waals surface area contributed by atoms with Crippen molar-refractivity contribution in [3.05, 3.63) is 59.7 Å². The molecule has 0 aliphatic heterocycles.